The number of benzene rings is 2. The Labute approximate surface area is 144 Å². The van der Waals surface area contributed by atoms with Crippen molar-refractivity contribution < 1.29 is 4.74 Å². The molecule has 0 spiro atoms. The number of likely N-dealkylation sites (N-methyl/N-ethyl adjacent to an activating group) is 1. The quantitative estimate of drug-likeness (QED) is 0.849. The summed E-state index contributed by atoms with van der Waals surface area (Å²) < 4.78 is 5.52. The second-order valence-electron chi connectivity index (χ2n) is 7.03. The molecule has 0 unspecified atom stereocenters. The highest BCUT2D eigenvalue weighted by molar-refractivity contribution is 5.67. The Bertz CT molecular complexity index is 680. The van der Waals surface area contributed by atoms with E-state index in [0.717, 1.165) is 11.7 Å². The minimum atomic E-state index is 0.700. The Hall–Kier alpha value is -2.00. The van der Waals surface area contributed by atoms with Gasteiger partial charge in [0.1, 0.15) is 5.75 Å². The van der Waals surface area contributed by atoms with Gasteiger partial charge in [-0.25, -0.2) is 0 Å². The Balaban J connectivity index is 1.50. The molecule has 0 radical (unpaired) electrons. The number of hydrogen-bond donors (Lipinski definition) is 0. The molecule has 2 fully saturated rings. The highest BCUT2D eigenvalue weighted by Crippen LogP contribution is 2.35. The lowest BCUT2D eigenvalue weighted by atomic mass is 10.0. The van der Waals surface area contributed by atoms with Crippen molar-refractivity contribution in [1.82, 2.24) is 4.90 Å². The highest BCUT2D eigenvalue weighted by Gasteiger charge is 2.39. The summed E-state index contributed by atoms with van der Waals surface area (Å²) in [4.78, 5) is 5.08. The fraction of sp³-hybridized carbons (Fsp3) is 0.429. The van der Waals surface area contributed by atoms with Crippen LogP contribution in [0.2, 0.25) is 0 Å². The summed E-state index contributed by atoms with van der Waals surface area (Å²) >= 11 is 0. The number of rotatable bonds is 4. The molecule has 24 heavy (non-hydrogen) atoms. The predicted octanol–water partition coefficient (Wildman–Crippen LogP) is 3.89. The van der Waals surface area contributed by atoms with Crippen LogP contribution in [0.25, 0.3) is 11.1 Å². The summed E-state index contributed by atoms with van der Waals surface area (Å²) in [5.41, 5.74) is 3.87. The number of fused-ring (bicyclic) bond motifs is 1. The molecule has 0 N–H and O–H groups in total. The Morgan fingerprint density at radius 3 is 2.29 bits per heavy atom. The van der Waals surface area contributed by atoms with Crippen LogP contribution in [0.3, 0.4) is 0 Å². The van der Waals surface area contributed by atoms with Crippen molar-refractivity contribution in [2.75, 3.05) is 38.2 Å². The topological polar surface area (TPSA) is 15.7 Å². The third-order valence-electron chi connectivity index (χ3n) is 5.43. The maximum absolute atomic E-state index is 5.52. The summed E-state index contributed by atoms with van der Waals surface area (Å²) in [7, 11) is 2.24. The number of nitrogens with zero attached hydrogens (tertiary/aromatic N) is 2. The van der Waals surface area contributed by atoms with E-state index < -0.39 is 0 Å². The molecule has 0 saturated carbocycles. The highest BCUT2D eigenvalue weighted by atomic mass is 16.5. The van der Waals surface area contributed by atoms with E-state index in [4.69, 9.17) is 4.74 Å². The van der Waals surface area contributed by atoms with Gasteiger partial charge in [-0.15, -0.1) is 0 Å². The molecule has 2 aromatic rings. The van der Waals surface area contributed by atoms with Crippen molar-refractivity contribution in [2.45, 2.75) is 19.4 Å². The molecule has 2 atom stereocenters. The fourth-order valence-corrected chi connectivity index (χ4v) is 4.25. The normalized spacial score (nSPS) is 23.5. The summed E-state index contributed by atoms with van der Waals surface area (Å²) in [6.07, 6.45) is 1.33. The van der Waals surface area contributed by atoms with E-state index >= 15 is 0 Å². The van der Waals surface area contributed by atoms with Crippen LogP contribution >= 0.6 is 0 Å². The van der Waals surface area contributed by atoms with Crippen LogP contribution < -0.4 is 9.64 Å². The molecule has 4 rings (SSSR count). The maximum Gasteiger partial charge on any atom is 0.119 e. The standard InChI is InChI=1S/C21H26N2O/c1-3-24-20-10-6-17(7-11-20)16-4-8-19(9-5-16)23-13-12-18-14-22(2)15-21(18)23/h4-11,18,21H,3,12-15H2,1-2H3/t18-,21+/m1/s1. The predicted molar refractivity (Wildman–Crippen MR) is 99.8 cm³/mol. The van der Waals surface area contributed by atoms with Crippen molar-refractivity contribution in [1.29, 1.82) is 0 Å². The average molecular weight is 322 g/mol. The van der Waals surface area contributed by atoms with Crippen molar-refractivity contribution in [3.63, 3.8) is 0 Å². The van der Waals surface area contributed by atoms with Crippen molar-refractivity contribution in [2.24, 2.45) is 5.92 Å². The summed E-state index contributed by atoms with van der Waals surface area (Å²) in [5, 5.41) is 0. The van der Waals surface area contributed by atoms with E-state index in [1.54, 1.807) is 0 Å². The molecule has 126 valence electrons. The van der Waals surface area contributed by atoms with Crippen LogP contribution in [0.1, 0.15) is 13.3 Å². The Morgan fingerprint density at radius 2 is 1.62 bits per heavy atom. The van der Waals surface area contributed by atoms with Crippen LogP contribution in [0.5, 0.6) is 5.75 Å². The molecular formula is C21H26N2O. The summed E-state index contributed by atoms with van der Waals surface area (Å²) in [6.45, 7) is 6.38. The zero-order valence-corrected chi connectivity index (χ0v) is 14.6. The maximum atomic E-state index is 5.52. The summed E-state index contributed by atoms with van der Waals surface area (Å²) in [6, 6.07) is 18.1. The molecular weight excluding hydrogens is 296 g/mol. The molecule has 3 heteroatoms. The average Bonchev–Trinajstić information content (AvgIpc) is 3.15. The van der Waals surface area contributed by atoms with E-state index in [-0.39, 0.29) is 0 Å². The summed E-state index contributed by atoms with van der Waals surface area (Å²) in [5.74, 6) is 1.78. The molecule has 0 aliphatic carbocycles. The molecule has 2 aliphatic heterocycles. The van der Waals surface area contributed by atoms with Crippen molar-refractivity contribution >= 4 is 5.69 Å². The van der Waals surface area contributed by atoms with E-state index in [0.29, 0.717) is 12.6 Å². The van der Waals surface area contributed by atoms with Crippen LogP contribution in [-0.2, 0) is 0 Å². The van der Waals surface area contributed by atoms with Gasteiger partial charge in [0.25, 0.3) is 0 Å². The molecule has 0 bridgehead atoms. The van der Waals surface area contributed by atoms with Crippen LogP contribution in [-0.4, -0.2) is 44.2 Å². The second-order valence-corrected chi connectivity index (χ2v) is 7.03. The lowest BCUT2D eigenvalue weighted by Gasteiger charge is -2.26. The molecule has 2 aliphatic rings. The van der Waals surface area contributed by atoms with Crippen LogP contribution in [0, 0.1) is 5.92 Å². The fourth-order valence-electron chi connectivity index (χ4n) is 4.25. The number of anilines is 1. The molecule has 3 nitrogen and oxygen atoms in total. The third-order valence-corrected chi connectivity index (χ3v) is 5.43. The van der Waals surface area contributed by atoms with Gasteiger partial charge < -0.3 is 14.5 Å². The molecule has 0 aromatic heterocycles. The Kier molecular flexibility index (Phi) is 4.19. The van der Waals surface area contributed by atoms with Gasteiger partial charge in [0.15, 0.2) is 0 Å². The first-order valence-corrected chi connectivity index (χ1v) is 9.03. The first-order chi connectivity index (χ1) is 11.7. The largest absolute Gasteiger partial charge is 0.494 e. The Morgan fingerprint density at radius 1 is 0.958 bits per heavy atom. The number of hydrogen-bond acceptors (Lipinski definition) is 3. The van der Waals surface area contributed by atoms with Gasteiger partial charge in [-0.1, -0.05) is 24.3 Å². The van der Waals surface area contributed by atoms with Crippen molar-refractivity contribution in [3.8, 4) is 16.9 Å². The first-order valence-electron chi connectivity index (χ1n) is 9.03. The van der Waals surface area contributed by atoms with Gasteiger partial charge in [0, 0.05) is 31.4 Å². The first kappa shape index (κ1) is 15.5. The minimum Gasteiger partial charge on any atom is -0.494 e. The lowest BCUT2D eigenvalue weighted by molar-refractivity contribution is 0.340. The third kappa shape index (κ3) is 2.89. The van der Waals surface area contributed by atoms with Crippen molar-refractivity contribution in [3.05, 3.63) is 48.5 Å². The lowest BCUT2D eigenvalue weighted by Crippen LogP contribution is -2.34. The molecule has 2 aromatic carbocycles. The second kappa shape index (κ2) is 6.48. The van der Waals surface area contributed by atoms with E-state index in [9.17, 15) is 0 Å². The van der Waals surface area contributed by atoms with E-state index in [1.165, 1.54) is 42.9 Å². The smallest absolute Gasteiger partial charge is 0.119 e. The van der Waals surface area contributed by atoms with Gasteiger partial charge in [0.2, 0.25) is 0 Å². The van der Waals surface area contributed by atoms with Gasteiger partial charge in [-0.2, -0.15) is 0 Å². The SMILES string of the molecule is CCOc1ccc(-c2ccc(N3CC[C@@H]4CN(C)C[C@@H]43)cc2)cc1. The monoisotopic (exact) mass is 322 g/mol. The van der Waals surface area contributed by atoms with Gasteiger partial charge in [-0.05, 0) is 61.7 Å². The van der Waals surface area contributed by atoms with Gasteiger partial charge >= 0.3 is 0 Å². The molecule has 0 amide bonds. The molecule has 2 heterocycles. The minimum absolute atomic E-state index is 0.700. The van der Waals surface area contributed by atoms with E-state index in [2.05, 4.69) is 53.2 Å². The van der Waals surface area contributed by atoms with Gasteiger partial charge in [-0.3, -0.25) is 0 Å². The van der Waals surface area contributed by atoms with Crippen LogP contribution in [0.4, 0.5) is 5.69 Å². The van der Waals surface area contributed by atoms with E-state index in [1.807, 2.05) is 19.1 Å². The van der Waals surface area contributed by atoms with Crippen LogP contribution in [0.15, 0.2) is 48.5 Å². The van der Waals surface area contributed by atoms with Gasteiger partial charge in [0.05, 0.1) is 6.61 Å². The molecule has 2 saturated heterocycles. The number of ether oxygens (including phenoxy) is 1. The number of likely N-dealkylation sites (tertiary alicyclic amines) is 1. The zero-order valence-electron chi connectivity index (χ0n) is 14.6. The zero-order chi connectivity index (χ0) is 16.5.